The number of ether oxygens (including phenoxy) is 2. The van der Waals surface area contributed by atoms with E-state index in [9.17, 15) is 9.90 Å². The van der Waals surface area contributed by atoms with Crippen LogP contribution in [0.4, 0.5) is 0 Å². The maximum absolute atomic E-state index is 11.5. The van der Waals surface area contributed by atoms with Crippen molar-refractivity contribution in [3.05, 3.63) is 80.4 Å². The number of aromatic nitrogens is 2. The van der Waals surface area contributed by atoms with E-state index in [4.69, 9.17) is 49.3 Å². The number of carbonyl (C=O) groups excluding carboxylic acids is 1. The molecule has 252 valence electrons. The summed E-state index contributed by atoms with van der Waals surface area (Å²) in [4.78, 5) is 23.2. The van der Waals surface area contributed by atoms with Gasteiger partial charge in [0.1, 0.15) is 5.75 Å². The molecular formula is C36H38Cl3N5O4. The van der Waals surface area contributed by atoms with Gasteiger partial charge in [0.25, 0.3) is 0 Å². The third-order valence-electron chi connectivity index (χ3n) is 8.85. The molecule has 2 aromatic heterocycles. The molecular weight excluding hydrogens is 673 g/mol. The van der Waals surface area contributed by atoms with Crippen LogP contribution < -0.4 is 20.1 Å². The Morgan fingerprint density at radius 3 is 2.58 bits per heavy atom. The molecule has 0 saturated carbocycles. The lowest BCUT2D eigenvalue weighted by molar-refractivity contribution is -0.119. The normalized spacial score (nSPS) is 16.8. The molecule has 1 fully saturated rings. The first kappa shape index (κ1) is 34.4. The Morgan fingerprint density at radius 2 is 1.85 bits per heavy atom. The molecule has 48 heavy (non-hydrogen) atoms. The van der Waals surface area contributed by atoms with Crippen molar-refractivity contribution in [1.29, 1.82) is 0 Å². The topological polar surface area (TPSA) is 109 Å². The molecule has 0 aliphatic carbocycles. The fourth-order valence-electron chi connectivity index (χ4n) is 6.51. The van der Waals surface area contributed by atoms with Crippen molar-refractivity contribution >= 4 is 40.7 Å². The molecule has 6 rings (SSSR count). The van der Waals surface area contributed by atoms with Crippen molar-refractivity contribution in [1.82, 2.24) is 25.5 Å². The summed E-state index contributed by atoms with van der Waals surface area (Å²) in [6.07, 6.45) is 3.50. The van der Waals surface area contributed by atoms with E-state index in [1.807, 2.05) is 30.3 Å². The SMILES string of the molecule is COc1cc(-c2nccc(-c3cccc(-c4cc(Cl)c(CNC[C@H]5CCC(=O)N5)c(OC)n4)c3Cl)c2Cl)cc2c1CN(C[C@@H](C)O)CC2. The Morgan fingerprint density at radius 1 is 1.06 bits per heavy atom. The Hall–Kier alpha value is -3.44. The van der Waals surface area contributed by atoms with Crippen molar-refractivity contribution in [3.8, 4) is 45.3 Å². The molecule has 2 aliphatic heterocycles. The zero-order valence-electron chi connectivity index (χ0n) is 27.1. The van der Waals surface area contributed by atoms with Gasteiger partial charge in [-0.2, -0.15) is 0 Å². The molecule has 0 spiro atoms. The highest BCUT2D eigenvalue weighted by Gasteiger charge is 2.25. The molecule has 4 heterocycles. The zero-order valence-corrected chi connectivity index (χ0v) is 29.3. The fraction of sp³-hybridized carbons (Fsp3) is 0.361. The molecule has 1 amide bonds. The summed E-state index contributed by atoms with van der Waals surface area (Å²) in [5.41, 5.74) is 7.18. The fourth-order valence-corrected chi connectivity index (χ4v) is 7.41. The van der Waals surface area contributed by atoms with Gasteiger partial charge in [0.15, 0.2) is 0 Å². The second-order valence-electron chi connectivity index (χ2n) is 12.2. The molecule has 1 saturated heterocycles. The molecule has 0 unspecified atom stereocenters. The number of nitrogens with zero attached hydrogens (tertiary/aromatic N) is 3. The lowest BCUT2D eigenvalue weighted by atomic mass is 9.93. The summed E-state index contributed by atoms with van der Waals surface area (Å²) < 4.78 is 11.5. The summed E-state index contributed by atoms with van der Waals surface area (Å²) in [6, 6.07) is 13.5. The highest BCUT2D eigenvalue weighted by molar-refractivity contribution is 6.39. The third kappa shape index (κ3) is 7.27. The molecule has 12 heteroatoms. The first-order chi connectivity index (χ1) is 23.2. The largest absolute Gasteiger partial charge is 0.496 e. The van der Waals surface area contributed by atoms with Crippen molar-refractivity contribution in [3.63, 3.8) is 0 Å². The zero-order chi connectivity index (χ0) is 33.9. The Bertz CT molecular complexity index is 1820. The highest BCUT2D eigenvalue weighted by Crippen LogP contribution is 2.43. The molecule has 0 bridgehead atoms. The van der Waals surface area contributed by atoms with E-state index in [1.165, 1.54) is 5.56 Å². The highest BCUT2D eigenvalue weighted by atomic mass is 35.5. The number of β-amino-alcohol motifs (C(OH)–C–C–N with tert-alkyl or cyclic N) is 1. The number of aliphatic hydroxyl groups is 1. The average molecular weight is 711 g/mol. The number of fused-ring (bicyclic) bond motifs is 1. The average Bonchev–Trinajstić information content (AvgIpc) is 3.49. The Kier molecular flexibility index (Phi) is 10.7. The number of hydrogen-bond acceptors (Lipinski definition) is 8. The number of pyridine rings is 2. The van der Waals surface area contributed by atoms with Gasteiger partial charge < -0.3 is 25.2 Å². The van der Waals surface area contributed by atoms with Crippen LogP contribution in [-0.4, -0.2) is 71.9 Å². The van der Waals surface area contributed by atoms with Crippen molar-refractivity contribution in [2.24, 2.45) is 0 Å². The van der Waals surface area contributed by atoms with E-state index in [0.29, 0.717) is 70.5 Å². The minimum atomic E-state index is -0.400. The number of amides is 1. The van der Waals surface area contributed by atoms with Gasteiger partial charge in [-0.3, -0.25) is 14.7 Å². The molecule has 2 atom stereocenters. The number of methoxy groups -OCH3 is 2. The van der Waals surface area contributed by atoms with E-state index in [0.717, 1.165) is 53.0 Å². The summed E-state index contributed by atoms with van der Waals surface area (Å²) in [6.45, 7) is 5.01. The van der Waals surface area contributed by atoms with Crippen LogP contribution in [0.3, 0.4) is 0 Å². The molecule has 3 N–H and O–H groups in total. The number of nitrogens with one attached hydrogen (secondary N) is 2. The van der Waals surface area contributed by atoms with Crippen LogP contribution >= 0.6 is 34.8 Å². The number of carbonyl (C=O) groups is 1. The maximum atomic E-state index is 11.5. The smallest absolute Gasteiger partial charge is 0.220 e. The van der Waals surface area contributed by atoms with Crippen LogP contribution in [0.5, 0.6) is 11.6 Å². The van der Waals surface area contributed by atoms with Gasteiger partial charge in [-0.15, -0.1) is 0 Å². The number of rotatable bonds is 11. The third-order valence-corrected chi connectivity index (χ3v) is 9.98. The second kappa shape index (κ2) is 15.0. The van der Waals surface area contributed by atoms with Crippen LogP contribution in [0.2, 0.25) is 15.1 Å². The van der Waals surface area contributed by atoms with Gasteiger partial charge in [-0.25, -0.2) is 4.98 Å². The molecule has 2 aromatic carbocycles. The maximum Gasteiger partial charge on any atom is 0.220 e. The Balaban J connectivity index is 1.29. The molecule has 0 radical (unpaired) electrons. The molecule has 2 aliphatic rings. The monoisotopic (exact) mass is 709 g/mol. The van der Waals surface area contributed by atoms with Crippen LogP contribution in [0.25, 0.3) is 33.6 Å². The van der Waals surface area contributed by atoms with Gasteiger partial charge in [0, 0.05) is 84.8 Å². The first-order valence-electron chi connectivity index (χ1n) is 15.9. The number of halogens is 3. The lowest BCUT2D eigenvalue weighted by Gasteiger charge is -2.31. The van der Waals surface area contributed by atoms with E-state index in [1.54, 1.807) is 33.4 Å². The van der Waals surface area contributed by atoms with Gasteiger partial charge >= 0.3 is 0 Å². The molecule has 9 nitrogen and oxygen atoms in total. The van der Waals surface area contributed by atoms with E-state index < -0.39 is 6.10 Å². The summed E-state index contributed by atoms with van der Waals surface area (Å²) in [5.74, 6) is 1.23. The number of aliphatic hydroxyl groups excluding tert-OH is 1. The number of benzene rings is 2. The van der Waals surface area contributed by atoms with Gasteiger partial charge in [0.05, 0.1) is 46.8 Å². The standard InChI is InChI=1S/C36H38Cl3N5O4/c1-20(45)18-44-12-10-21-13-22(14-31(47-2)28(21)19-44)35-34(39)25(9-11-41-35)24-5-4-6-26(33(24)38)30-15-29(37)27(36(43-30)48-3)17-40-16-23-7-8-32(46)42-23/h4-6,9,11,13-15,20,23,40,45H,7-8,10,12,16-19H2,1-3H3,(H,42,46)/t20-,23-/m1/s1. The summed E-state index contributed by atoms with van der Waals surface area (Å²) >= 11 is 21.0. The van der Waals surface area contributed by atoms with Gasteiger partial charge in [-0.05, 0) is 49.6 Å². The van der Waals surface area contributed by atoms with Crippen LogP contribution in [0.1, 0.15) is 36.5 Å². The Labute approximate surface area is 295 Å². The van der Waals surface area contributed by atoms with E-state index in [2.05, 4.69) is 26.6 Å². The van der Waals surface area contributed by atoms with Crippen molar-refractivity contribution < 1.29 is 19.4 Å². The predicted octanol–water partition coefficient (Wildman–Crippen LogP) is 6.56. The van der Waals surface area contributed by atoms with Crippen molar-refractivity contribution in [2.75, 3.05) is 33.9 Å². The summed E-state index contributed by atoms with van der Waals surface area (Å²) in [5, 5.41) is 17.6. The summed E-state index contributed by atoms with van der Waals surface area (Å²) in [7, 11) is 3.22. The van der Waals surface area contributed by atoms with Crippen LogP contribution in [-0.2, 0) is 24.3 Å². The van der Waals surface area contributed by atoms with Gasteiger partial charge in [-0.1, -0.05) is 53.0 Å². The minimum absolute atomic E-state index is 0.0763. The first-order valence-corrected chi connectivity index (χ1v) is 17.1. The molecule has 4 aromatic rings. The van der Waals surface area contributed by atoms with Crippen LogP contribution in [0.15, 0.2) is 48.7 Å². The number of hydrogen-bond donors (Lipinski definition) is 3. The van der Waals surface area contributed by atoms with Gasteiger partial charge in [0.2, 0.25) is 11.8 Å². The van der Waals surface area contributed by atoms with E-state index >= 15 is 0 Å². The lowest BCUT2D eigenvalue weighted by Crippen LogP contribution is -2.35. The quantitative estimate of drug-likeness (QED) is 0.161. The minimum Gasteiger partial charge on any atom is -0.496 e. The predicted molar refractivity (Wildman–Crippen MR) is 190 cm³/mol. The second-order valence-corrected chi connectivity index (χ2v) is 13.4. The van der Waals surface area contributed by atoms with Crippen LogP contribution in [0, 0.1) is 0 Å². The van der Waals surface area contributed by atoms with E-state index in [-0.39, 0.29) is 11.9 Å². The van der Waals surface area contributed by atoms with Crippen molar-refractivity contribution in [2.45, 2.75) is 51.4 Å².